The van der Waals surface area contributed by atoms with Crippen LogP contribution in [0, 0.1) is 0 Å². The van der Waals surface area contributed by atoms with Crippen molar-refractivity contribution in [2.45, 2.75) is 13.0 Å². The molecule has 0 aliphatic carbocycles. The van der Waals surface area contributed by atoms with Crippen molar-refractivity contribution in [3.8, 4) is 0 Å². The Labute approximate surface area is 127 Å². The second kappa shape index (κ2) is 7.06. The highest BCUT2D eigenvalue weighted by Gasteiger charge is 2.19. The number of carbonyl (C=O) groups is 1. The number of carboxylic acid groups (broad SMARTS) is 1. The zero-order valence-electron chi connectivity index (χ0n) is 11.4. The van der Waals surface area contributed by atoms with E-state index >= 15 is 0 Å². The molecular formula is C14H19BrN2O3. The van der Waals surface area contributed by atoms with Crippen molar-refractivity contribution in [1.29, 1.82) is 0 Å². The summed E-state index contributed by atoms with van der Waals surface area (Å²) in [5.41, 5.74) is 1.15. The lowest BCUT2D eigenvalue weighted by Gasteiger charge is -2.32. The number of morpholine rings is 1. The van der Waals surface area contributed by atoms with Crippen molar-refractivity contribution in [2.24, 2.45) is 0 Å². The molecule has 1 aliphatic rings. The van der Waals surface area contributed by atoms with Gasteiger partial charge in [0.25, 0.3) is 0 Å². The molecule has 1 saturated heterocycles. The summed E-state index contributed by atoms with van der Waals surface area (Å²) in [5.74, 6) is -0.925. The van der Waals surface area contributed by atoms with E-state index in [9.17, 15) is 4.79 Å². The summed E-state index contributed by atoms with van der Waals surface area (Å²) in [6.45, 7) is 6.58. The molecule has 0 spiro atoms. The molecule has 0 amide bonds. The average Bonchev–Trinajstić information content (AvgIpc) is 2.46. The highest BCUT2D eigenvalue weighted by molar-refractivity contribution is 9.10. The summed E-state index contributed by atoms with van der Waals surface area (Å²) < 4.78 is 6.47. The average molecular weight is 343 g/mol. The van der Waals surface area contributed by atoms with Gasteiger partial charge in [0.1, 0.15) is 0 Å². The van der Waals surface area contributed by atoms with Gasteiger partial charge in [-0.3, -0.25) is 4.90 Å². The topological polar surface area (TPSA) is 61.8 Å². The van der Waals surface area contributed by atoms with E-state index < -0.39 is 5.97 Å². The second-order valence-electron chi connectivity index (χ2n) is 4.77. The van der Waals surface area contributed by atoms with Crippen LogP contribution in [-0.2, 0) is 4.74 Å². The molecular weight excluding hydrogens is 324 g/mol. The van der Waals surface area contributed by atoms with Crippen molar-refractivity contribution in [3.05, 3.63) is 28.2 Å². The molecule has 1 unspecified atom stereocenters. The number of aromatic carboxylic acids is 1. The van der Waals surface area contributed by atoms with Crippen LogP contribution in [0.5, 0.6) is 0 Å². The molecule has 1 heterocycles. The van der Waals surface area contributed by atoms with Crippen LogP contribution < -0.4 is 5.32 Å². The number of hydrogen-bond acceptors (Lipinski definition) is 4. The van der Waals surface area contributed by atoms with Crippen LogP contribution in [0.15, 0.2) is 22.7 Å². The second-order valence-corrected chi connectivity index (χ2v) is 5.62. The van der Waals surface area contributed by atoms with E-state index in [2.05, 4.69) is 33.1 Å². The number of rotatable bonds is 5. The number of anilines is 1. The van der Waals surface area contributed by atoms with Gasteiger partial charge in [0.05, 0.1) is 18.3 Å². The lowest BCUT2D eigenvalue weighted by atomic mass is 10.2. The fraction of sp³-hybridized carbons (Fsp3) is 0.500. The molecule has 20 heavy (non-hydrogen) atoms. The number of nitrogens with one attached hydrogen (secondary N) is 1. The van der Waals surface area contributed by atoms with Crippen molar-refractivity contribution < 1.29 is 14.6 Å². The molecule has 5 nitrogen and oxygen atoms in total. The van der Waals surface area contributed by atoms with E-state index in [4.69, 9.17) is 9.84 Å². The molecule has 0 radical (unpaired) electrons. The number of likely N-dealkylation sites (N-methyl/N-ethyl adjacent to an activating group) is 1. The van der Waals surface area contributed by atoms with E-state index in [1.807, 2.05) is 0 Å². The third-order valence-corrected chi connectivity index (χ3v) is 4.06. The number of hydrogen-bond donors (Lipinski definition) is 2. The largest absolute Gasteiger partial charge is 0.478 e. The Morgan fingerprint density at radius 2 is 2.40 bits per heavy atom. The molecule has 1 aromatic rings. The Balaban J connectivity index is 1.92. The Hall–Kier alpha value is -1.11. The summed E-state index contributed by atoms with van der Waals surface area (Å²) in [4.78, 5) is 13.2. The normalized spacial score (nSPS) is 19.8. The van der Waals surface area contributed by atoms with E-state index in [1.54, 1.807) is 18.2 Å². The van der Waals surface area contributed by atoms with Crippen molar-refractivity contribution >= 4 is 27.6 Å². The Bertz CT molecular complexity index is 481. The maximum absolute atomic E-state index is 10.9. The van der Waals surface area contributed by atoms with Crippen LogP contribution in [0.3, 0.4) is 0 Å². The molecule has 0 saturated carbocycles. The van der Waals surface area contributed by atoms with Gasteiger partial charge in [-0.1, -0.05) is 6.92 Å². The van der Waals surface area contributed by atoms with Crippen LogP contribution in [0.2, 0.25) is 0 Å². The zero-order chi connectivity index (χ0) is 14.5. The SMILES string of the molecule is CCN1CCOC(CNc2ccc(C(=O)O)cc2Br)C1. The lowest BCUT2D eigenvalue weighted by Crippen LogP contribution is -2.45. The van der Waals surface area contributed by atoms with Gasteiger partial charge in [-0.25, -0.2) is 4.79 Å². The summed E-state index contributed by atoms with van der Waals surface area (Å²) in [6, 6.07) is 4.97. The third kappa shape index (κ3) is 3.94. The summed E-state index contributed by atoms with van der Waals surface area (Å²) in [6.07, 6.45) is 0.162. The first kappa shape index (κ1) is 15.3. The number of nitrogens with zero attached hydrogens (tertiary/aromatic N) is 1. The predicted octanol–water partition coefficient (Wildman–Crippen LogP) is 2.28. The van der Waals surface area contributed by atoms with Crippen molar-refractivity contribution in [2.75, 3.05) is 38.1 Å². The maximum Gasteiger partial charge on any atom is 0.335 e. The predicted molar refractivity (Wildman–Crippen MR) is 81.4 cm³/mol. The van der Waals surface area contributed by atoms with Crippen LogP contribution >= 0.6 is 15.9 Å². The molecule has 2 N–H and O–H groups in total. The quantitative estimate of drug-likeness (QED) is 0.859. The number of benzene rings is 1. The number of carboxylic acids is 1. The highest BCUT2D eigenvalue weighted by atomic mass is 79.9. The zero-order valence-corrected chi connectivity index (χ0v) is 13.0. The minimum absolute atomic E-state index is 0.162. The van der Waals surface area contributed by atoms with Gasteiger partial charge in [0, 0.05) is 29.8 Å². The van der Waals surface area contributed by atoms with Crippen LogP contribution in [-0.4, -0.2) is 54.9 Å². The maximum atomic E-state index is 10.9. The highest BCUT2D eigenvalue weighted by Crippen LogP contribution is 2.24. The Kier molecular flexibility index (Phi) is 5.39. The first-order valence-electron chi connectivity index (χ1n) is 6.70. The smallest absolute Gasteiger partial charge is 0.335 e. The van der Waals surface area contributed by atoms with Crippen molar-refractivity contribution in [1.82, 2.24) is 4.90 Å². The van der Waals surface area contributed by atoms with Gasteiger partial charge in [-0.05, 0) is 40.7 Å². The minimum Gasteiger partial charge on any atom is -0.478 e. The van der Waals surface area contributed by atoms with Crippen LogP contribution in [0.1, 0.15) is 17.3 Å². The molecule has 6 heteroatoms. The Morgan fingerprint density at radius 1 is 1.60 bits per heavy atom. The fourth-order valence-corrected chi connectivity index (χ4v) is 2.73. The van der Waals surface area contributed by atoms with Gasteiger partial charge in [0.15, 0.2) is 0 Å². The molecule has 0 bridgehead atoms. The van der Waals surface area contributed by atoms with Gasteiger partial charge in [-0.2, -0.15) is 0 Å². The first-order chi connectivity index (χ1) is 9.60. The monoisotopic (exact) mass is 342 g/mol. The van der Waals surface area contributed by atoms with E-state index in [1.165, 1.54) is 0 Å². The van der Waals surface area contributed by atoms with Gasteiger partial charge >= 0.3 is 5.97 Å². The lowest BCUT2D eigenvalue weighted by molar-refractivity contribution is -0.0191. The number of ether oxygens (including phenoxy) is 1. The van der Waals surface area contributed by atoms with Crippen molar-refractivity contribution in [3.63, 3.8) is 0 Å². The molecule has 2 rings (SSSR count). The van der Waals surface area contributed by atoms with E-state index in [-0.39, 0.29) is 11.7 Å². The van der Waals surface area contributed by atoms with Gasteiger partial charge < -0.3 is 15.2 Å². The Morgan fingerprint density at radius 3 is 3.05 bits per heavy atom. The van der Waals surface area contributed by atoms with Gasteiger partial charge in [0.2, 0.25) is 0 Å². The molecule has 1 fully saturated rings. The van der Waals surface area contributed by atoms with Gasteiger partial charge in [-0.15, -0.1) is 0 Å². The van der Waals surface area contributed by atoms with Crippen LogP contribution in [0.25, 0.3) is 0 Å². The standard InChI is InChI=1S/C14H19BrN2O3/c1-2-17-5-6-20-11(9-17)8-16-13-4-3-10(14(18)19)7-12(13)15/h3-4,7,11,16H,2,5-6,8-9H2,1H3,(H,18,19). The van der Waals surface area contributed by atoms with E-state index in [0.29, 0.717) is 6.54 Å². The third-order valence-electron chi connectivity index (χ3n) is 3.41. The minimum atomic E-state index is -0.925. The van der Waals surface area contributed by atoms with Crippen LogP contribution in [0.4, 0.5) is 5.69 Å². The molecule has 1 atom stereocenters. The molecule has 1 aliphatic heterocycles. The molecule has 0 aromatic heterocycles. The summed E-state index contributed by atoms with van der Waals surface area (Å²) in [7, 11) is 0. The summed E-state index contributed by atoms with van der Waals surface area (Å²) >= 11 is 3.39. The molecule has 1 aromatic carbocycles. The fourth-order valence-electron chi connectivity index (χ4n) is 2.21. The summed E-state index contributed by atoms with van der Waals surface area (Å²) in [5, 5.41) is 12.2. The number of halogens is 1. The van der Waals surface area contributed by atoms with E-state index in [0.717, 1.165) is 36.4 Å². The first-order valence-corrected chi connectivity index (χ1v) is 7.50. The molecule has 110 valence electrons.